The van der Waals surface area contributed by atoms with Gasteiger partial charge < -0.3 is 14.5 Å². The van der Waals surface area contributed by atoms with Gasteiger partial charge in [0, 0.05) is 12.1 Å². The van der Waals surface area contributed by atoms with Gasteiger partial charge in [0.2, 0.25) is 17.5 Å². The Labute approximate surface area is 129 Å². The fraction of sp³-hybridized carbons (Fsp3) is 0.294. The van der Waals surface area contributed by atoms with Gasteiger partial charge >= 0.3 is 0 Å². The van der Waals surface area contributed by atoms with Crippen LogP contribution in [0.15, 0.2) is 28.7 Å². The zero-order chi connectivity index (χ0) is 15.4. The van der Waals surface area contributed by atoms with Gasteiger partial charge in [-0.3, -0.25) is 0 Å². The maximum atomic E-state index is 9.08. The van der Waals surface area contributed by atoms with Crippen molar-refractivity contribution < 1.29 is 9.15 Å². The topological polar surface area (TPSA) is 71.1 Å². The summed E-state index contributed by atoms with van der Waals surface area (Å²) in [5, 5.41) is 12.3. The number of benzene rings is 1. The van der Waals surface area contributed by atoms with E-state index in [4.69, 9.17) is 14.4 Å². The summed E-state index contributed by atoms with van der Waals surface area (Å²) in [5.74, 6) is 1.74. The summed E-state index contributed by atoms with van der Waals surface area (Å²) in [6.07, 6.45) is 5.88. The van der Waals surface area contributed by atoms with Gasteiger partial charge in [0.25, 0.3) is 0 Å². The summed E-state index contributed by atoms with van der Waals surface area (Å²) in [7, 11) is 0. The highest BCUT2D eigenvalue weighted by molar-refractivity contribution is 5.67. The zero-order valence-corrected chi connectivity index (χ0v) is 12.4. The SMILES string of the molecule is CCOc1ccc(C=Cc2nc(C#N)c(NC3CC3)o2)cc1. The second-order valence-corrected chi connectivity index (χ2v) is 5.10. The summed E-state index contributed by atoms with van der Waals surface area (Å²) in [5.41, 5.74) is 1.31. The third-order valence-corrected chi connectivity index (χ3v) is 3.27. The molecule has 1 saturated carbocycles. The molecular formula is C17H17N3O2. The fourth-order valence-corrected chi connectivity index (χ4v) is 2.00. The van der Waals surface area contributed by atoms with Crippen LogP contribution in [0.3, 0.4) is 0 Å². The number of nitrogens with one attached hydrogen (secondary N) is 1. The Hall–Kier alpha value is -2.74. The Morgan fingerprint density at radius 2 is 2.14 bits per heavy atom. The summed E-state index contributed by atoms with van der Waals surface area (Å²) < 4.78 is 11.0. The largest absolute Gasteiger partial charge is 0.494 e. The Kier molecular flexibility index (Phi) is 4.10. The van der Waals surface area contributed by atoms with Crippen LogP contribution in [0.5, 0.6) is 5.75 Å². The molecule has 5 heteroatoms. The molecule has 0 atom stereocenters. The van der Waals surface area contributed by atoms with E-state index < -0.39 is 0 Å². The molecular weight excluding hydrogens is 278 g/mol. The lowest BCUT2D eigenvalue weighted by molar-refractivity contribution is 0.340. The lowest BCUT2D eigenvalue weighted by Crippen LogP contribution is -2.00. The first kappa shape index (κ1) is 14.2. The molecule has 0 unspecified atom stereocenters. The van der Waals surface area contributed by atoms with Gasteiger partial charge in [-0.2, -0.15) is 10.2 Å². The molecule has 0 aliphatic heterocycles. The minimum absolute atomic E-state index is 0.304. The lowest BCUT2D eigenvalue weighted by atomic mass is 10.2. The predicted octanol–water partition coefficient (Wildman–Crippen LogP) is 3.69. The first-order valence-corrected chi connectivity index (χ1v) is 7.37. The van der Waals surface area contributed by atoms with Crippen molar-refractivity contribution in [2.45, 2.75) is 25.8 Å². The van der Waals surface area contributed by atoms with Gasteiger partial charge in [-0.1, -0.05) is 12.1 Å². The molecule has 112 valence electrons. The first-order chi connectivity index (χ1) is 10.8. The third-order valence-electron chi connectivity index (χ3n) is 3.27. The summed E-state index contributed by atoms with van der Waals surface area (Å²) in [4.78, 5) is 4.17. The molecule has 0 bridgehead atoms. The van der Waals surface area contributed by atoms with E-state index in [1.807, 2.05) is 37.3 Å². The van der Waals surface area contributed by atoms with E-state index in [1.54, 1.807) is 6.08 Å². The van der Waals surface area contributed by atoms with Gasteiger partial charge in [0.1, 0.15) is 11.8 Å². The second-order valence-electron chi connectivity index (χ2n) is 5.10. The Morgan fingerprint density at radius 3 is 2.77 bits per heavy atom. The quantitative estimate of drug-likeness (QED) is 0.880. The number of hydrogen-bond donors (Lipinski definition) is 1. The Balaban J connectivity index is 1.71. The minimum atomic E-state index is 0.304. The molecule has 2 aromatic rings. The van der Waals surface area contributed by atoms with Crippen LogP contribution >= 0.6 is 0 Å². The number of hydrogen-bond acceptors (Lipinski definition) is 5. The fourth-order valence-electron chi connectivity index (χ4n) is 2.00. The molecule has 0 saturated heterocycles. The Bertz CT molecular complexity index is 706. The summed E-state index contributed by atoms with van der Waals surface area (Å²) in [6.45, 7) is 2.61. The second kappa shape index (κ2) is 6.35. The van der Waals surface area contributed by atoms with Gasteiger partial charge in [-0.25, -0.2) is 0 Å². The van der Waals surface area contributed by atoms with Crippen LogP contribution in [0.25, 0.3) is 12.2 Å². The number of nitrogens with zero attached hydrogens (tertiary/aromatic N) is 2. The highest BCUT2D eigenvalue weighted by Crippen LogP contribution is 2.27. The lowest BCUT2D eigenvalue weighted by Gasteiger charge is -2.01. The van der Waals surface area contributed by atoms with Gasteiger partial charge in [-0.05, 0) is 43.5 Å². The van der Waals surface area contributed by atoms with Gasteiger partial charge in [0.05, 0.1) is 6.61 Å². The van der Waals surface area contributed by atoms with Crippen molar-refractivity contribution >= 4 is 18.0 Å². The molecule has 1 fully saturated rings. The van der Waals surface area contributed by atoms with Crippen molar-refractivity contribution in [3.63, 3.8) is 0 Å². The van der Waals surface area contributed by atoms with Crippen LogP contribution in [-0.2, 0) is 0 Å². The van der Waals surface area contributed by atoms with Crippen LogP contribution in [0.2, 0.25) is 0 Å². The van der Waals surface area contributed by atoms with Gasteiger partial charge in [-0.15, -0.1) is 0 Å². The van der Waals surface area contributed by atoms with Crippen LogP contribution in [0.4, 0.5) is 5.88 Å². The number of aromatic nitrogens is 1. The Morgan fingerprint density at radius 1 is 1.36 bits per heavy atom. The highest BCUT2D eigenvalue weighted by Gasteiger charge is 2.24. The standard InChI is InChI=1S/C17H17N3O2/c1-2-21-14-8-3-12(4-9-14)5-10-16-20-15(11-18)17(22-16)19-13-6-7-13/h3-5,8-10,13,19H,2,6-7H2,1H3. The summed E-state index contributed by atoms with van der Waals surface area (Å²) in [6, 6.07) is 10.2. The zero-order valence-electron chi connectivity index (χ0n) is 12.4. The maximum absolute atomic E-state index is 9.08. The van der Waals surface area contributed by atoms with Crippen LogP contribution in [0, 0.1) is 11.3 Å². The number of anilines is 1. The number of rotatable bonds is 6. The van der Waals surface area contributed by atoms with Crippen molar-refractivity contribution in [3.05, 3.63) is 41.4 Å². The molecule has 5 nitrogen and oxygen atoms in total. The van der Waals surface area contributed by atoms with Crippen LogP contribution in [-0.4, -0.2) is 17.6 Å². The van der Waals surface area contributed by atoms with Crippen molar-refractivity contribution in [2.24, 2.45) is 0 Å². The van der Waals surface area contributed by atoms with E-state index in [0.29, 0.717) is 30.1 Å². The van der Waals surface area contributed by atoms with E-state index in [9.17, 15) is 0 Å². The van der Waals surface area contributed by atoms with E-state index in [2.05, 4.69) is 16.4 Å². The van der Waals surface area contributed by atoms with E-state index in [-0.39, 0.29) is 0 Å². The number of nitriles is 1. The molecule has 1 heterocycles. The summed E-state index contributed by atoms with van der Waals surface area (Å²) >= 11 is 0. The molecule has 0 spiro atoms. The van der Waals surface area contributed by atoms with Crippen molar-refractivity contribution in [1.29, 1.82) is 5.26 Å². The van der Waals surface area contributed by atoms with Crippen LogP contribution in [0.1, 0.15) is 36.9 Å². The molecule has 1 aromatic carbocycles. The smallest absolute Gasteiger partial charge is 0.232 e. The molecule has 1 aliphatic rings. The molecule has 0 radical (unpaired) electrons. The maximum Gasteiger partial charge on any atom is 0.232 e. The van der Waals surface area contributed by atoms with Crippen molar-refractivity contribution in [3.8, 4) is 11.8 Å². The first-order valence-electron chi connectivity index (χ1n) is 7.37. The molecule has 22 heavy (non-hydrogen) atoms. The van der Waals surface area contributed by atoms with Gasteiger partial charge in [0.15, 0.2) is 0 Å². The highest BCUT2D eigenvalue weighted by atomic mass is 16.5. The number of ether oxygens (including phenoxy) is 1. The molecule has 1 aliphatic carbocycles. The van der Waals surface area contributed by atoms with E-state index >= 15 is 0 Å². The number of oxazole rings is 1. The van der Waals surface area contributed by atoms with E-state index in [1.165, 1.54) is 0 Å². The molecule has 1 N–H and O–H groups in total. The van der Waals surface area contributed by atoms with Crippen molar-refractivity contribution in [2.75, 3.05) is 11.9 Å². The monoisotopic (exact) mass is 295 g/mol. The molecule has 1 aromatic heterocycles. The molecule has 3 rings (SSSR count). The minimum Gasteiger partial charge on any atom is -0.494 e. The molecule has 0 amide bonds. The average Bonchev–Trinajstić information content (AvgIpc) is 3.26. The van der Waals surface area contributed by atoms with Crippen LogP contribution < -0.4 is 10.1 Å². The van der Waals surface area contributed by atoms with E-state index in [0.717, 1.165) is 24.2 Å². The normalized spacial score (nSPS) is 14.0. The average molecular weight is 295 g/mol. The predicted molar refractivity (Wildman–Crippen MR) is 84.4 cm³/mol. The third kappa shape index (κ3) is 3.47. The van der Waals surface area contributed by atoms with Crippen molar-refractivity contribution in [1.82, 2.24) is 4.98 Å².